The summed E-state index contributed by atoms with van der Waals surface area (Å²) < 4.78 is 16.6. The number of hydrogen-bond acceptors (Lipinski definition) is 5. The second-order valence-corrected chi connectivity index (χ2v) is 6.53. The van der Waals surface area contributed by atoms with Crippen LogP contribution in [-0.2, 0) is 19.0 Å². The van der Waals surface area contributed by atoms with E-state index in [1.807, 2.05) is 25.1 Å². The van der Waals surface area contributed by atoms with E-state index in [1.165, 1.54) is 6.08 Å². The van der Waals surface area contributed by atoms with Crippen LogP contribution in [0.3, 0.4) is 0 Å². The van der Waals surface area contributed by atoms with Gasteiger partial charge in [-0.15, -0.1) is 6.58 Å². The SMILES string of the molecule is C=CCC1=C[C@@]2(C/C=C(\C)COC(=O)c3ccccc3)OCOC2=CC1=O. The fourth-order valence-corrected chi connectivity index (χ4v) is 2.99. The summed E-state index contributed by atoms with van der Waals surface area (Å²) in [6.45, 7) is 5.87. The fourth-order valence-electron chi connectivity index (χ4n) is 2.99. The molecule has 1 heterocycles. The summed E-state index contributed by atoms with van der Waals surface area (Å²) in [5.41, 5.74) is 1.26. The summed E-state index contributed by atoms with van der Waals surface area (Å²) in [5.74, 6) is 0.0770. The molecule has 0 unspecified atom stereocenters. The normalized spacial score (nSPS) is 21.7. The Labute approximate surface area is 158 Å². The minimum atomic E-state index is -0.781. The Morgan fingerprint density at radius 3 is 2.85 bits per heavy atom. The zero-order chi connectivity index (χ0) is 19.3. The first-order valence-electron chi connectivity index (χ1n) is 8.78. The molecular formula is C22H22O5. The Morgan fingerprint density at radius 1 is 1.33 bits per heavy atom. The number of benzene rings is 1. The highest BCUT2D eigenvalue weighted by Crippen LogP contribution is 2.39. The van der Waals surface area contributed by atoms with E-state index < -0.39 is 5.60 Å². The molecule has 0 aromatic heterocycles. The number of esters is 1. The van der Waals surface area contributed by atoms with Crippen LogP contribution in [0.5, 0.6) is 0 Å². The van der Waals surface area contributed by atoms with Gasteiger partial charge in [-0.05, 0) is 37.1 Å². The van der Waals surface area contributed by atoms with E-state index in [1.54, 1.807) is 30.3 Å². The molecule has 0 saturated carbocycles. The van der Waals surface area contributed by atoms with E-state index in [2.05, 4.69) is 6.58 Å². The molecule has 0 radical (unpaired) electrons. The monoisotopic (exact) mass is 366 g/mol. The fraction of sp³-hybridized carbons (Fsp3) is 0.273. The third-order valence-corrected chi connectivity index (χ3v) is 4.49. The van der Waals surface area contributed by atoms with Crippen LogP contribution < -0.4 is 0 Å². The zero-order valence-electron chi connectivity index (χ0n) is 15.3. The van der Waals surface area contributed by atoms with E-state index in [9.17, 15) is 9.59 Å². The minimum absolute atomic E-state index is 0.0801. The third-order valence-electron chi connectivity index (χ3n) is 4.49. The van der Waals surface area contributed by atoms with E-state index in [0.717, 1.165) is 5.57 Å². The van der Waals surface area contributed by atoms with Gasteiger partial charge >= 0.3 is 5.97 Å². The maximum Gasteiger partial charge on any atom is 0.338 e. The predicted octanol–water partition coefficient (Wildman–Crippen LogP) is 3.89. The van der Waals surface area contributed by atoms with Crippen molar-refractivity contribution in [1.29, 1.82) is 0 Å². The van der Waals surface area contributed by atoms with Gasteiger partial charge in [-0.1, -0.05) is 30.4 Å². The second-order valence-electron chi connectivity index (χ2n) is 6.53. The molecular weight excluding hydrogens is 344 g/mol. The molecule has 1 saturated heterocycles. The van der Waals surface area contributed by atoms with Crippen LogP contribution in [0.1, 0.15) is 30.1 Å². The number of hydrogen-bond donors (Lipinski definition) is 0. The quantitative estimate of drug-likeness (QED) is 0.541. The van der Waals surface area contributed by atoms with Crippen LogP contribution in [0.25, 0.3) is 0 Å². The van der Waals surface area contributed by atoms with Gasteiger partial charge in [0.05, 0.1) is 5.56 Å². The van der Waals surface area contributed by atoms with Crippen LogP contribution in [0.4, 0.5) is 0 Å². The summed E-state index contributed by atoms with van der Waals surface area (Å²) in [7, 11) is 0. The Morgan fingerprint density at radius 2 is 2.11 bits per heavy atom. The number of rotatable bonds is 7. The smallest absolute Gasteiger partial charge is 0.338 e. The predicted molar refractivity (Wildman–Crippen MR) is 101 cm³/mol. The lowest BCUT2D eigenvalue weighted by atomic mass is 9.86. The van der Waals surface area contributed by atoms with Gasteiger partial charge in [-0.3, -0.25) is 4.79 Å². The summed E-state index contributed by atoms with van der Waals surface area (Å²) in [6, 6.07) is 8.86. The molecule has 0 spiro atoms. The highest BCUT2D eigenvalue weighted by molar-refractivity contribution is 6.06. The number of ether oxygens (including phenoxy) is 3. The molecule has 1 aromatic carbocycles. The average molecular weight is 366 g/mol. The summed E-state index contributed by atoms with van der Waals surface area (Å²) >= 11 is 0. The molecule has 2 aliphatic rings. The lowest BCUT2D eigenvalue weighted by Crippen LogP contribution is -2.31. The first-order chi connectivity index (χ1) is 13.0. The largest absolute Gasteiger partial charge is 0.468 e. The number of carbonyl (C=O) groups excluding carboxylic acids is 2. The second kappa shape index (κ2) is 8.18. The topological polar surface area (TPSA) is 61.8 Å². The van der Waals surface area contributed by atoms with Crippen molar-refractivity contribution in [3.8, 4) is 0 Å². The number of carbonyl (C=O) groups is 2. The standard InChI is InChI=1S/C22H22O5/c1-3-7-18-13-22(20(12-19(18)23)26-15-27-22)11-10-16(2)14-25-21(24)17-8-5-4-6-9-17/h3-6,8-10,12-13H,1,7,11,14-15H2,2H3/b16-10+/t22-/m1/s1. The van der Waals surface area contributed by atoms with E-state index in [0.29, 0.717) is 29.7 Å². The maximum atomic E-state index is 12.1. The first-order valence-corrected chi connectivity index (χ1v) is 8.78. The molecule has 1 aliphatic heterocycles. The van der Waals surface area contributed by atoms with Crippen LogP contribution in [0.2, 0.25) is 0 Å². The minimum Gasteiger partial charge on any atom is -0.468 e. The van der Waals surface area contributed by atoms with Crippen molar-refractivity contribution in [2.24, 2.45) is 0 Å². The van der Waals surface area contributed by atoms with Crippen molar-refractivity contribution in [3.05, 3.63) is 83.7 Å². The highest BCUT2D eigenvalue weighted by Gasteiger charge is 2.43. The lowest BCUT2D eigenvalue weighted by molar-refractivity contribution is -0.111. The summed E-state index contributed by atoms with van der Waals surface area (Å²) in [6.07, 6.45) is 7.91. The van der Waals surface area contributed by atoms with Crippen molar-refractivity contribution in [2.45, 2.75) is 25.4 Å². The maximum absolute atomic E-state index is 12.1. The third kappa shape index (κ3) is 4.26. The lowest BCUT2D eigenvalue weighted by Gasteiger charge is -2.26. The summed E-state index contributed by atoms with van der Waals surface area (Å²) in [4.78, 5) is 24.1. The van der Waals surface area contributed by atoms with Gasteiger partial charge in [-0.25, -0.2) is 4.79 Å². The van der Waals surface area contributed by atoms with E-state index in [4.69, 9.17) is 14.2 Å². The Balaban J connectivity index is 1.66. The van der Waals surface area contributed by atoms with Crippen molar-refractivity contribution in [3.63, 3.8) is 0 Å². The van der Waals surface area contributed by atoms with Gasteiger partial charge in [0.2, 0.25) is 0 Å². The Hall–Kier alpha value is -2.92. The molecule has 0 bridgehead atoms. The molecule has 27 heavy (non-hydrogen) atoms. The molecule has 140 valence electrons. The zero-order valence-corrected chi connectivity index (χ0v) is 15.3. The van der Waals surface area contributed by atoms with E-state index >= 15 is 0 Å². The van der Waals surface area contributed by atoms with Crippen LogP contribution in [0, 0.1) is 0 Å². The van der Waals surface area contributed by atoms with Gasteiger partial charge in [-0.2, -0.15) is 0 Å². The molecule has 3 rings (SSSR count). The Bertz CT molecular complexity index is 832. The molecule has 1 fully saturated rings. The molecule has 1 aromatic rings. The number of allylic oxidation sites excluding steroid dienone is 3. The molecule has 0 amide bonds. The van der Waals surface area contributed by atoms with Gasteiger partial charge in [0.1, 0.15) is 12.4 Å². The molecule has 5 nitrogen and oxygen atoms in total. The number of fused-ring (bicyclic) bond motifs is 1. The van der Waals surface area contributed by atoms with E-state index in [-0.39, 0.29) is 25.2 Å². The van der Waals surface area contributed by atoms with Crippen LogP contribution in [0.15, 0.2) is 78.1 Å². The number of ketones is 1. The van der Waals surface area contributed by atoms with Gasteiger partial charge in [0.15, 0.2) is 18.2 Å². The van der Waals surface area contributed by atoms with Crippen molar-refractivity contribution in [2.75, 3.05) is 13.4 Å². The van der Waals surface area contributed by atoms with Gasteiger partial charge < -0.3 is 14.2 Å². The molecule has 1 atom stereocenters. The molecule has 1 aliphatic carbocycles. The van der Waals surface area contributed by atoms with Crippen molar-refractivity contribution < 1.29 is 23.8 Å². The van der Waals surface area contributed by atoms with Crippen LogP contribution in [-0.4, -0.2) is 30.8 Å². The molecule has 5 heteroatoms. The molecule has 0 N–H and O–H groups in total. The van der Waals surface area contributed by atoms with Gasteiger partial charge in [0.25, 0.3) is 0 Å². The van der Waals surface area contributed by atoms with Crippen LogP contribution >= 0.6 is 0 Å². The average Bonchev–Trinajstić information content (AvgIpc) is 3.08. The first kappa shape index (κ1) is 18.9. The van der Waals surface area contributed by atoms with Crippen molar-refractivity contribution in [1.82, 2.24) is 0 Å². The highest BCUT2D eigenvalue weighted by atomic mass is 16.7. The summed E-state index contributed by atoms with van der Waals surface area (Å²) in [5, 5.41) is 0. The Kier molecular flexibility index (Phi) is 5.72. The van der Waals surface area contributed by atoms with Crippen molar-refractivity contribution >= 4 is 11.8 Å². The van der Waals surface area contributed by atoms with Gasteiger partial charge in [0, 0.05) is 18.1 Å².